The van der Waals surface area contributed by atoms with Gasteiger partial charge in [0, 0.05) is 13.1 Å². The van der Waals surface area contributed by atoms with E-state index in [0.29, 0.717) is 17.3 Å². The number of carboxylic acids is 1. The molecule has 0 saturated heterocycles. The second-order valence-corrected chi connectivity index (χ2v) is 3.08. The second kappa shape index (κ2) is 3.69. The van der Waals surface area contributed by atoms with Gasteiger partial charge in [0.1, 0.15) is 11.4 Å². The first-order chi connectivity index (χ1) is 7.61. The molecule has 2 heterocycles. The van der Waals surface area contributed by atoms with Crippen molar-refractivity contribution in [3.05, 3.63) is 17.8 Å². The average molecular weight is 223 g/mol. The van der Waals surface area contributed by atoms with Crippen LogP contribution in [0.4, 0.5) is 0 Å². The summed E-state index contributed by atoms with van der Waals surface area (Å²) in [5, 5.41) is 16.4. The standard InChI is InChI=1S/C9H9N3O4/c1-12-6(9(13)14)3-5(10-12)7-4-8(15-2)11-16-7/h3-4H,1-2H3,(H,13,14). The summed E-state index contributed by atoms with van der Waals surface area (Å²) in [5.41, 5.74) is 0.473. The number of carbonyl (C=O) groups is 1. The monoisotopic (exact) mass is 223 g/mol. The zero-order valence-corrected chi connectivity index (χ0v) is 8.67. The summed E-state index contributed by atoms with van der Waals surface area (Å²) in [4.78, 5) is 10.8. The normalized spacial score (nSPS) is 10.4. The van der Waals surface area contributed by atoms with Crippen LogP contribution in [0.3, 0.4) is 0 Å². The molecule has 2 aromatic heterocycles. The molecule has 0 fully saturated rings. The summed E-state index contributed by atoms with van der Waals surface area (Å²) in [6.45, 7) is 0. The number of hydrogen-bond donors (Lipinski definition) is 1. The first kappa shape index (κ1) is 10.2. The van der Waals surface area contributed by atoms with E-state index in [4.69, 9.17) is 14.4 Å². The molecule has 0 amide bonds. The molecule has 0 saturated carbocycles. The van der Waals surface area contributed by atoms with Gasteiger partial charge >= 0.3 is 5.97 Å². The Kier molecular flexibility index (Phi) is 2.35. The lowest BCUT2D eigenvalue weighted by Crippen LogP contribution is -2.04. The van der Waals surface area contributed by atoms with E-state index in [1.165, 1.54) is 23.9 Å². The van der Waals surface area contributed by atoms with Crippen LogP contribution in [-0.4, -0.2) is 33.1 Å². The van der Waals surface area contributed by atoms with E-state index in [1.54, 1.807) is 7.05 Å². The second-order valence-electron chi connectivity index (χ2n) is 3.08. The Bertz CT molecular complexity index is 529. The predicted octanol–water partition coefficient (Wildman–Crippen LogP) is 0.782. The molecule has 2 rings (SSSR count). The maximum absolute atomic E-state index is 10.8. The van der Waals surface area contributed by atoms with Crippen molar-refractivity contribution >= 4 is 5.97 Å². The van der Waals surface area contributed by atoms with Crippen LogP contribution in [0.1, 0.15) is 10.5 Å². The Balaban J connectivity index is 2.41. The van der Waals surface area contributed by atoms with Crippen LogP contribution in [0.5, 0.6) is 5.88 Å². The zero-order valence-electron chi connectivity index (χ0n) is 8.67. The Labute approximate surface area is 90.2 Å². The maximum atomic E-state index is 10.8. The fraction of sp³-hybridized carbons (Fsp3) is 0.222. The first-order valence-corrected chi connectivity index (χ1v) is 4.40. The third kappa shape index (κ3) is 1.62. The highest BCUT2D eigenvalue weighted by atomic mass is 16.5. The Hall–Kier alpha value is -2.31. The minimum Gasteiger partial charge on any atom is -0.479 e. The predicted molar refractivity (Wildman–Crippen MR) is 52.2 cm³/mol. The van der Waals surface area contributed by atoms with Crippen LogP contribution in [-0.2, 0) is 7.05 Å². The molecule has 0 aliphatic heterocycles. The maximum Gasteiger partial charge on any atom is 0.354 e. The molecule has 0 radical (unpaired) electrons. The molecule has 16 heavy (non-hydrogen) atoms. The average Bonchev–Trinajstić information content (AvgIpc) is 2.83. The molecule has 7 nitrogen and oxygen atoms in total. The molecule has 0 aliphatic rings. The van der Waals surface area contributed by atoms with E-state index >= 15 is 0 Å². The van der Waals surface area contributed by atoms with Gasteiger partial charge in [0.05, 0.1) is 13.2 Å². The van der Waals surface area contributed by atoms with Crippen molar-refractivity contribution in [2.24, 2.45) is 7.05 Å². The zero-order chi connectivity index (χ0) is 11.7. The quantitative estimate of drug-likeness (QED) is 0.826. The number of nitrogens with zero attached hydrogens (tertiary/aromatic N) is 3. The first-order valence-electron chi connectivity index (χ1n) is 4.40. The van der Waals surface area contributed by atoms with E-state index < -0.39 is 5.97 Å². The number of methoxy groups -OCH3 is 1. The molecular formula is C9H9N3O4. The van der Waals surface area contributed by atoms with Crippen molar-refractivity contribution in [3.63, 3.8) is 0 Å². The Morgan fingerprint density at radius 3 is 2.81 bits per heavy atom. The number of ether oxygens (including phenoxy) is 1. The SMILES string of the molecule is COc1cc(-c2cc(C(=O)O)n(C)n2)on1. The fourth-order valence-corrected chi connectivity index (χ4v) is 1.26. The lowest BCUT2D eigenvalue weighted by Gasteiger charge is -1.91. The van der Waals surface area contributed by atoms with E-state index in [9.17, 15) is 4.79 Å². The molecule has 84 valence electrons. The largest absolute Gasteiger partial charge is 0.479 e. The molecule has 1 N–H and O–H groups in total. The van der Waals surface area contributed by atoms with Crippen molar-refractivity contribution in [2.45, 2.75) is 0 Å². The molecular weight excluding hydrogens is 214 g/mol. The van der Waals surface area contributed by atoms with Crippen LogP contribution in [0.15, 0.2) is 16.7 Å². The highest BCUT2D eigenvalue weighted by Gasteiger charge is 2.16. The van der Waals surface area contributed by atoms with E-state index in [-0.39, 0.29) is 5.69 Å². The third-order valence-electron chi connectivity index (χ3n) is 2.05. The van der Waals surface area contributed by atoms with Crippen molar-refractivity contribution in [2.75, 3.05) is 7.11 Å². The molecule has 0 atom stereocenters. The number of rotatable bonds is 3. The highest BCUT2D eigenvalue weighted by Crippen LogP contribution is 2.22. The van der Waals surface area contributed by atoms with Gasteiger partial charge in [-0.05, 0) is 5.16 Å². The molecule has 0 aliphatic carbocycles. The number of hydrogen-bond acceptors (Lipinski definition) is 5. The minimum absolute atomic E-state index is 0.0744. The number of aromatic carboxylic acids is 1. The molecule has 0 aromatic carbocycles. The lowest BCUT2D eigenvalue weighted by atomic mass is 10.3. The van der Waals surface area contributed by atoms with Crippen LogP contribution in [0.25, 0.3) is 11.5 Å². The van der Waals surface area contributed by atoms with Gasteiger partial charge in [0.25, 0.3) is 5.88 Å². The topological polar surface area (TPSA) is 90.4 Å². The third-order valence-corrected chi connectivity index (χ3v) is 2.05. The molecule has 0 unspecified atom stereocenters. The summed E-state index contributed by atoms with van der Waals surface area (Å²) in [7, 11) is 3.00. The smallest absolute Gasteiger partial charge is 0.354 e. The van der Waals surface area contributed by atoms with Crippen molar-refractivity contribution in [3.8, 4) is 17.3 Å². The molecule has 2 aromatic rings. The van der Waals surface area contributed by atoms with Gasteiger partial charge in [-0.15, -0.1) is 0 Å². The van der Waals surface area contributed by atoms with Gasteiger partial charge in [0.15, 0.2) is 5.76 Å². The summed E-state index contributed by atoms with van der Waals surface area (Å²) in [6.07, 6.45) is 0. The van der Waals surface area contributed by atoms with Gasteiger partial charge in [-0.3, -0.25) is 4.68 Å². The summed E-state index contributed by atoms with van der Waals surface area (Å²) in [6, 6.07) is 2.94. The van der Waals surface area contributed by atoms with Crippen LogP contribution >= 0.6 is 0 Å². The Morgan fingerprint density at radius 1 is 1.56 bits per heavy atom. The van der Waals surface area contributed by atoms with E-state index in [2.05, 4.69) is 10.3 Å². The van der Waals surface area contributed by atoms with Crippen LogP contribution < -0.4 is 4.74 Å². The number of aromatic nitrogens is 3. The fourth-order valence-electron chi connectivity index (χ4n) is 1.26. The van der Waals surface area contributed by atoms with E-state index in [0.717, 1.165) is 0 Å². The van der Waals surface area contributed by atoms with Crippen molar-refractivity contribution in [1.82, 2.24) is 14.9 Å². The Morgan fingerprint density at radius 2 is 2.31 bits per heavy atom. The van der Waals surface area contributed by atoms with Crippen LogP contribution in [0, 0.1) is 0 Å². The van der Waals surface area contributed by atoms with Crippen molar-refractivity contribution in [1.29, 1.82) is 0 Å². The van der Waals surface area contributed by atoms with Gasteiger partial charge in [0.2, 0.25) is 0 Å². The molecule has 0 bridgehead atoms. The number of aryl methyl sites for hydroxylation is 1. The van der Waals surface area contributed by atoms with Gasteiger partial charge in [-0.2, -0.15) is 5.10 Å². The van der Waals surface area contributed by atoms with Gasteiger partial charge < -0.3 is 14.4 Å². The van der Waals surface area contributed by atoms with Crippen molar-refractivity contribution < 1.29 is 19.2 Å². The molecule has 0 spiro atoms. The molecule has 7 heteroatoms. The summed E-state index contributed by atoms with van der Waals surface area (Å²) < 4.78 is 11.0. The number of carboxylic acid groups (broad SMARTS) is 1. The summed E-state index contributed by atoms with van der Waals surface area (Å²) >= 11 is 0. The highest BCUT2D eigenvalue weighted by molar-refractivity contribution is 5.87. The van der Waals surface area contributed by atoms with Crippen LogP contribution in [0.2, 0.25) is 0 Å². The van der Waals surface area contributed by atoms with Gasteiger partial charge in [-0.1, -0.05) is 0 Å². The minimum atomic E-state index is -1.05. The summed E-state index contributed by atoms with van der Waals surface area (Å²) in [5.74, 6) is -0.370. The lowest BCUT2D eigenvalue weighted by molar-refractivity contribution is 0.0685. The van der Waals surface area contributed by atoms with Gasteiger partial charge in [-0.25, -0.2) is 4.79 Å². The van der Waals surface area contributed by atoms with E-state index in [1.807, 2.05) is 0 Å².